The fourth-order valence-electron chi connectivity index (χ4n) is 1.23. The lowest BCUT2D eigenvalue weighted by molar-refractivity contribution is 0.200. The highest BCUT2D eigenvalue weighted by Crippen LogP contribution is 2.25. The van der Waals surface area contributed by atoms with Gasteiger partial charge in [-0.05, 0) is 30.2 Å². The van der Waals surface area contributed by atoms with E-state index in [0.717, 1.165) is 29.4 Å². The summed E-state index contributed by atoms with van der Waals surface area (Å²) in [6.45, 7) is 1.34. The lowest BCUT2D eigenvalue weighted by atomic mass is 10.2. The fraction of sp³-hybridized carbons (Fsp3) is 0.455. The molecule has 0 atom stereocenters. The minimum Gasteiger partial charge on any atom is -0.385 e. The number of methoxy groups -OCH3 is 1. The molecule has 1 aromatic carbocycles. The predicted molar refractivity (Wildman–Crippen MR) is 66.6 cm³/mol. The van der Waals surface area contributed by atoms with E-state index >= 15 is 0 Å². The molecule has 0 radical (unpaired) electrons. The Bertz CT molecular complexity index is 307. The van der Waals surface area contributed by atoms with Crippen LogP contribution in [0.1, 0.15) is 12.0 Å². The van der Waals surface area contributed by atoms with Crippen LogP contribution in [0.5, 0.6) is 0 Å². The molecule has 0 fully saturated rings. The van der Waals surface area contributed by atoms with E-state index in [1.54, 1.807) is 18.9 Å². The molecular formula is C11H16ClNOS. The lowest BCUT2D eigenvalue weighted by Crippen LogP contribution is -1.99. The van der Waals surface area contributed by atoms with Gasteiger partial charge in [0.2, 0.25) is 0 Å². The van der Waals surface area contributed by atoms with Gasteiger partial charge in [0, 0.05) is 35.9 Å². The summed E-state index contributed by atoms with van der Waals surface area (Å²) in [6, 6.07) is 5.86. The molecule has 0 aliphatic carbocycles. The van der Waals surface area contributed by atoms with Gasteiger partial charge in [-0.1, -0.05) is 11.6 Å². The fourth-order valence-corrected chi connectivity index (χ4v) is 2.40. The van der Waals surface area contributed by atoms with Gasteiger partial charge in [-0.25, -0.2) is 0 Å². The molecule has 0 spiro atoms. The zero-order valence-corrected chi connectivity index (χ0v) is 10.4. The molecule has 2 nitrogen and oxygen atoms in total. The number of halogens is 1. The number of hydrogen-bond acceptors (Lipinski definition) is 3. The van der Waals surface area contributed by atoms with Crippen molar-refractivity contribution in [2.24, 2.45) is 5.73 Å². The second-order valence-corrected chi connectivity index (χ2v) is 4.72. The van der Waals surface area contributed by atoms with Crippen molar-refractivity contribution in [1.82, 2.24) is 0 Å². The van der Waals surface area contributed by atoms with E-state index in [1.165, 1.54) is 4.90 Å². The maximum Gasteiger partial charge on any atom is 0.0470 e. The summed E-state index contributed by atoms with van der Waals surface area (Å²) in [5, 5.41) is 0.747. The minimum absolute atomic E-state index is 0.535. The van der Waals surface area contributed by atoms with Gasteiger partial charge >= 0.3 is 0 Å². The first kappa shape index (κ1) is 12.8. The Balaban J connectivity index is 2.52. The van der Waals surface area contributed by atoms with Crippen LogP contribution in [-0.4, -0.2) is 19.5 Å². The number of thioether (sulfide) groups is 1. The van der Waals surface area contributed by atoms with Crippen molar-refractivity contribution in [3.8, 4) is 0 Å². The number of benzene rings is 1. The van der Waals surface area contributed by atoms with Gasteiger partial charge in [0.1, 0.15) is 0 Å². The smallest absolute Gasteiger partial charge is 0.0470 e. The molecule has 0 bridgehead atoms. The first-order valence-corrected chi connectivity index (χ1v) is 6.24. The van der Waals surface area contributed by atoms with Crippen LogP contribution in [0.3, 0.4) is 0 Å². The topological polar surface area (TPSA) is 35.2 Å². The Morgan fingerprint density at radius 1 is 1.47 bits per heavy atom. The van der Waals surface area contributed by atoms with Crippen LogP contribution >= 0.6 is 23.4 Å². The van der Waals surface area contributed by atoms with E-state index < -0.39 is 0 Å². The summed E-state index contributed by atoms with van der Waals surface area (Å²) in [7, 11) is 1.72. The molecule has 0 aromatic heterocycles. The molecule has 0 unspecified atom stereocenters. The zero-order chi connectivity index (χ0) is 11.1. The molecule has 2 N–H and O–H groups in total. The van der Waals surface area contributed by atoms with Gasteiger partial charge in [-0.3, -0.25) is 0 Å². The third-order valence-corrected chi connectivity index (χ3v) is 3.43. The zero-order valence-electron chi connectivity index (χ0n) is 8.83. The minimum atomic E-state index is 0.535. The van der Waals surface area contributed by atoms with Gasteiger partial charge < -0.3 is 10.5 Å². The number of nitrogens with two attached hydrogens (primary N) is 1. The highest BCUT2D eigenvalue weighted by molar-refractivity contribution is 7.99. The third-order valence-electron chi connectivity index (χ3n) is 1.99. The highest BCUT2D eigenvalue weighted by Gasteiger charge is 2.02. The van der Waals surface area contributed by atoms with Crippen molar-refractivity contribution >= 4 is 23.4 Å². The van der Waals surface area contributed by atoms with Gasteiger partial charge in [-0.2, -0.15) is 0 Å². The quantitative estimate of drug-likeness (QED) is 0.618. The Morgan fingerprint density at radius 3 is 2.93 bits per heavy atom. The maximum absolute atomic E-state index is 5.89. The average molecular weight is 246 g/mol. The van der Waals surface area contributed by atoms with Crippen molar-refractivity contribution in [3.63, 3.8) is 0 Å². The number of ether oxygens (including phenoxy) is 1. The second kappa shape index (κ2) is 7.12. The molecule has 15 heavy (non-hydrogen) atoms. The molecule has 0 heterocycles. The van der Waals surface area contributed by atoms with Crippen LogP contribution in [0.2, 0.25) is 5.02 Å². The van der Waals surface area contributed by atoms with Crippen LogP contribution in [0.15, 0.2) is 23.1 Å². The Morgan fingerprint density at radius 2 is 2.27 bits per heavy atom. The van der Waals surface area contributed by atoms with Gasteiger partial charge in [0.15, 0.2) is 0 Å². The van der Waals surface area contributed by atoms with Crippen LogP contribution in [0, 0.1) is 0 Å². The lowest BCUT2D eigenvalue weighted by Gasteiger charge is -2.07. The monoisotopic (exact) mass is 245 g/mol. The summed E-state index contributed by atoms with van der Waals surface area (Å²) < 4.78 is 5.00. The van der Waals surface area contributed by atoms with Crippen LogP contribution < -0.4 is 5.73 Å². The molecule has 0 amide bonds. The van der Waals surface area contributed by atoms with Gasteiger partial charge in [-0.15, -0.1) is 11.8 Å². The van der Waals surface area contributed by atoms with E-state index in [2.05, 4.69) is 0 Å². The van der Waals surface area contributed by atoms with Gasteiger partial charge in [0.25, 0.3) is 0 Å². The Hall–Kier alpha value is -0.220. The predicted octanol–water partition coefficient (Wildman–Crippen LogP) is 2.93. The highest BCUT2D eigenvalue weighted by atomic mass is 35.5. The first-order chi connectivity index (χ1) is 7.27. The van der Waals surface area contributed by atoms with E-state index in [1.807, 2.05) is 18.2 Å². The van der Waals surface area contributed by atoms with Crippen molar-refractivity contribution in [2.75, 3.05) is 19.5 Å². The largest absolute Gasteiger partial charge is 0.385 e. The molecule has 0 saturated heterocycles. The number of rotatable bonds is 6. The Kier molecular flexibility index (Phi) is 6.10. The number of hydrogen-bond donors (Lipinski definition) is 1. The van der Waals surface area contributed by atoms with E-state index in [4.69, 9.17) is 22.1 Å². The van der Waals surface area contributed by atoms with Gasteiger partial charge in [0.05, 0.1) is 0 Å². The molecule has 1 rings (SSSR count). The van der Waals surface area contributed by atoms with Crippen molar-refractivity contribution in [1.29, 1.82) is 0 Å². The standard InChI is InChI=1S/C11H16ClNOS/c1-14-5-2-6-15-11-4-3-10(12)7-9(11)8-13/h3-4,7H,2,5-6,8,13H2,1H3. The molecule has 1 aromatic rings. The summed E-state index contributed by atoms with van der Waals surface area (Å²) in [6.07, 6.45) is 1.05. The third kappa shape index (κ3) is 4.43. The second-order valence-electron chi connectivity index (χ2n) is 3.15. The normalized spacial score (nSPS) is 10.6. The van der Waals surface area contributed by atoms with Crippen molar-refractivity contribution < 1.29 is 4.74 Å². The molecule has 0 aliphatic heterocycles. The Labute approximate surface area is 100 Å². The summed E-state index contributed by atoms with van der Waals surface area (Å²) in [4.78, 5) is 1.22. The maximum atomic E-state index is 5.89. The summed E-state index contributed by atoms with van der Waals surface area (Å²) >= 11 is 7.70. The average Bonchev–Trinajstić information content (AvgIpc) is 2.26. The van der Waals surface area contributed by atoms with E-state index in [0.29, 0.717) is 6.54 Å². The van der Waals surface area contributed by atoms with E-state index in [9.17, 15) is 0 Å². The van der Waals surface area contributed by atoms with Crippen molar-refractivity contribution in [3.05, 3.63) is 28.8 Å². The molecular weight excluding hydrogens is 230 g/mol. The van der Waals surface area contributed by atoms with Crippen LogP contribution in [0.25, 0.3) is 0 Å². The molecule has 0 aliphatic rings. The summed E-state index contributed by atoms with van der Waals surface area (Å²) in [5.41, 5.74) is 6.77. The first-order valence-electron chi connectivity index (χ1n) is 4.88. The summed E-state index contributed by atoms with van der Waals surface area (Å²) in [5.74, 6) is 1.04. The molecule has 4 heteroatoms. The molecule has 84 valence electrons. The van der Waals surface area contributed by atoms with Crippen molar-refractivity contribution in [2.45, 2.75) is 17.9 Å². The molecule has 0 saturated carbocycles. The van der Waals surface area contributed by atoms with E-state index in [-0.39, 0.29) is 0 Å². The SMILES string of the molecule is COCCCSc1ccc(Cl)cc1CN. The van der Waals surface area contributed by atoms with Crippen LogP contribution in [-0.2, 0) is 11.3 Å². The van der Waals surface area contributed by atoms with Crippen LogP contribution in [0.4, 0.5) is 0 Å².